The Morgan fingerprint density at radius 2 is 1.62 bits per heavy atom. The van der Waals surface area contributed by atoms with E-state index in [9.17, 15) is 13.2 Å². The van der Waals surface area contributed by atoms with Crippen LogP contribution in [0.3, 0.4) is 0 Å². The maximum absolute atomic E-state index is 12.6. The van der Waals surface area contributed by atoms with Crippen LogP contribution in [0.2, 0.25) is 0 Å². The largest absolute Gasteiger partial charge is 0.457 e. The number of para-hydroxylation sites is 2. The topological polar surface area (TPSA) is 98.5 Å². The second-order valence-electron chi connectivity index (χ2n) is 5.44. The van der Waals surface area contributed by atoms with Gasteiger partial charge in [0.15, 0.2) is 0 Å². The maximum Gasteiger partial charge on any atom is 0.259 e. The normalized spacial score (nSPS) is 11.0. The van der Waals surface area contributed by atoms with Crippen molar-refractivity contribution in [3.8, 4) is 11.5 Å². The Morgan fingerprint density at radius 1 is 0.923 bits per heavy atom. The molecule has 0 fully saturated rings. The first-order chi connectivity index (χ1) is 12.4. The molecule has 0 aliphatic carbocycles. The van der Waals surface area contributed by atoms with E-state index in [4.69, 9.17) is 9.88 Å². The number of benzene rings is 3. The van der Waals surface area contributed by atoms with Gasteiger partial charge in [-0.25, -0.2) is 13.6 Å². The van der Waals surface area contributed by atoms with Crippen molar-refractivity contribution < 1.29 is 22.2 Å². The minimum atomic E-state index is -3.85. The monoisotopic (exact) mass is 374 g/mol. The molecule has 0 saturated carbocycles. The lowest BCUT2D eigenvalue weighted by molar-refractivity contribution is 0.102. The maximum atomic E-state index is 12.6. The first-order valence-electron chi connectivity index (χ1n) is 7.69. The van der Waals surface area contributed by atoms with Gasteiger partial charge in [0, 0.05) is 9.97 Å². The van der Waals surface area contributed by atoms with Crippen molar-refractivity contribution >= 4 is 21.6 Å². The van der Waals surface area contributed by atoms with E-state index in [2.05, 4.69) is 5.32 Å². The quantitative estimate of drug-likeness (QED) is 0.702. The predicted molar refractivity (Wildman–Crippen MR) is 105 cm³/mol. The highest BCUT2D eigenvalue weighted by Crippen LogP contribution is 2.26. The fourth-order valence-corrected chi connectivity index (χ4v) is 2.87. The van der Waals surface area contributed by atoms with E-state index in [1.54, 1.807) is 42.5 Å². The van der Waals surface area contributed by atoms with Crippen LogP contribution >= 0.6 is 0 Å². The van der Waals surface area contributed by atoms with Crippen LogP contribution in [0.4, 0.5) is 5.69 Å². The third-order valence-electron chi connectivity index (χ3n) is 3.52. The molecule has 0 aromatic heterocycles. The van der Waals surface area contributed by atoms with Gasteiger partial charge in [0.05, 0.1) is 10.5 Å². The van der Waals surface area contributed by atoms with Crippen molar-refractivity contribution in [2.75, 3.05) is 5.32 Å². The average molecular weight is 374 g/mol. The Bertz CT molecular complexity index is 1050. The summed E-state index contributed by atoms with van der Waals surface area (Å²) in [7, 11) is -3.85. The molecular weight excluding hydrogens is 352 g/mol. The van der Waals surface area contributed by atoms with Gasteiger partial charge in [-0.3, -0.25) is 4.79 Å². The molecule has 0 aliphatic rings. The van der Waals surface area contributed by atoms with Crippen molar-refractivity contribution in [2.24, 2.45) is 5.14 Å². The van der Waals surface area contributed by atoms with Gasteiger partial charge in [0.2, 0.25) is 10.0 Å². The smallest absolute Gasteiger partial charge is 0.259 e. The standard InChI is InChI=1S/C19H16N2O4S.3H2/c20-26(23,24)16-10-6-7-14(13-16)21-19(22)17-11-4-5-12-18(17)25-15-8-2-1-3-9-15;;;/h1-13H,(H,21,22)(H2,20,23,24);3*1H. The zero-order valence-corrected chi connectivity index (χ0v) is 14.4. The lowest BCUT2D eigenvalue weighted by atomic mass is 10.2. The number of rotatable bonds is 5. The molecule has 0 radical (unpaired) electrons. The molecule has 0 atom stereocenters. The van der Waals surface area contributed by atoms with Gasteiger partial charge in [0.25, 0.3) is 5.91 Å². The molecule has 3 aromatic rings. The van der Waals surface area contributed by atoms with E-state index in [1.807, 2.05) is 18.2 Å². The Labute approximate surface area is 155 Å². The molecule has 7 heteroatoms. The Hall–Kier alpha value is -3.16. The fourth-order valence-electron chi connectivity index (χ4n) is 2.31. The molecule has 0 heterocycles. The third-order valence-corrected chi connectivity index (χ3v) is 4.43. The molecule has 138 valence electrons. The first kappa shape index (κ1) is 17.7. The molecule has 0 aliphatic heterocycles. The molecule has 26 heavy (non-hydrogen) atoms. The summed E-state index contributed by atoms with van der Waals surface area (Å²) in [5.41, 5.74) is 0.633. The van der Waals surface area contributed by atoms with Crippen LogP contribution in [0.1, 0.15) is 14.6 Å². The SMILES string of the molecule is NS(=O)(=O)c1cccc(NC(=O)c2ccccc2Oc2ccccc2)c1.[HH].[HH].[HH]. The minimum Gasteiger partial charge on any atom is -0.457 e. The third kappa shape index (κ3) is 4.27. The van der Waals surface area contributed by atoms with Gasteiger partial charge >= 0.3 is 0 Å². The lowest BCUT2D eigenvalue weighted by Crippen LogP contribution is -2.15. The fraction of sp³-hybridized carbons (Fsp3) is 0. The summed E-state index contributed by atoms with van der Waals surface area (Å²) in [6.07, 6.45) is 0. The van der Waals surface area contributed by atoms with Crippen LogP contribution in [-0.4, -0.2) is 14.3 Å². The number of nitrogens with two attached hydrogens (primary N) is 1. The second kappa shape index (κ2) is 7.38. The van der Waals surface area contributed by atoms with Gasteiger partial charge in [0.1, 0.15) is 11.5 Å². The van der Waals surface area contributed by atoms with Crippen LogP contribution in [0, 0.1) is 0 Å². The molecular formula is C19H22N2O4S. The van der Waals surface area contributed by atoms with Crippen LogP contribution in [-0.2, 0) is 10.0 Å². The van der Waals surface area contributed by atoms with Crippen LogP contribution < -0.4 is 15.2 Å². The lowest BCUT2D eigenvalue weighted by Gasteiger charge is -2.12. The molecule has 3 aromatic carbocycles. The zero-order valence-electron chi connectivity index (χ0n) is 13.6. The molecule has 3 rings (SSSR count). The molecule has 6 nitrogen and oxygen atoms in total. The van der Waals surface area contributed by atoms with Crippen molar-refractivity contribution in [3.63, 3.8) is 0 Å². The molecule has 3 N–H and O–H groups in total. The number of nitrogens with one attached hydrogen (secondary N) is 1. The molecule has 0 bridgehead atoms. The number of hydrogen-bond donors (Lipinski definition) is 2. The number of carbonyl (C=O) groups is 1. The number of ether oxygens (including phenoxy) is 1. The Morgan fingerprint density at radius 3 is 2.35 bits per heavy atom. The zero-order chi connectivity index (χ0) is 18.6. The number of primary sulfonamides is 1. The Balaban J connectivity index is 0.00000261. The van der Waals surface area contributed by atoms with E-state index in [0.29, 0.717) is 22.7 Å². The van der Waals surface area contributed by atoms with E-state index >= 15 is 0 Å². The van der Waals surface area contributed by atoms with Gasteiger partial charge in [-0.1, -0.05) is 36.4 Å². The van der Waals surface area contributed by atoms with Crippen LogP contribution in [0.25, 0.3) is 0 Å². The van der Waals surface area contributed by atoms with E-state index in [1.165, 1.54) is 18.2 Å². The summed E-state index contributed by atoms with van der Waals surface area (Å²) < 4.78 is 28.7. The summed E-state index contributed by atoms with van der Waals surface area (Å²) in [5, 5.41) is 7.78. The van der Waals surface area contributed by atoms with Crippen LogP contribution in [0.5, 0.6) is 11.5 Å². The predicted octanol–water partition coefficient (Wildman–Crippen LogP) is 4.12. The summed E-state index contributed by atoms with van der Waals surface area (Å²) in [6.45, 7) is 0. The number of amides is 1. The summed E-state index contributed by atoms with van der Waals surface area (Å²) in [5.74, 6) is 0.561. The van der Waals surface area contributed by atoms with Crippen molar-refractivity contribution in [1.29, 1.82) is 0 Å². The molecule has 1 amide bonds. The van der Waals surface area contributed by atoms with Crippen LogP contribution in [0.15, 0.2) is 83.8 Å². The number of sulfonamides is 1. The first-order valence-corrected chi connectivity index (χ1v) is 9.24. The number of hydrogen-bond acceptors (Lipinski definition) is 4. The van der Waals surface area contributed by atoms with Crippen molar-refractivity contribution in [2.45, 2.75) is 4.90 Å². The van der Waals surface area contributed by atoms with Crippen molar-refractivity contribution in [3.05, 3.63) is 84.4 Å². The van der Waals surface area contributed by atoms with Gasteiger partial charge < -0.3 is 10.1 Å². The molecule has 0 saturated heterocycles. The highest BCUT2D eigenvalue weighted by atomic mass is 32.2. The van der Waals surface area contributed by atoms with E-state index in [-0.39, 0.29) is 9.18 Å². The van der Waals surface area contributed by atoms with Crippen molar-refractivity contribution in [1.82, 2.24) is 0 Å². The number of carbonyl (C=O) groups excluding carboxylic acids is 1. The van der Waals surface area contributed by atoms with E-state index in [0.717, 1.165) is 0 Å². The second-order valence-corrected chi connectivity index (χ2v) is 7.00. The minimum absolute atomic E-state index is 0. The van der Waals surface area contributed by atoms with Gasteiger partial charge in [-0.2, -0.15) is 0 Å². The van der Waals surface area contributed by atoms with Gasteiger partial charge in [-0.05, 0) is 42.5 Å². The summed E-state index contributed by atoms with van der Waals surface area (Å²) >= 11 is 0. The Kier molecular flexibility index (Phi) is 5.01. The highest BCUT2D eigenvalue weighted by Gasteiger charge is 2.14. The summed E-state index contributed by atoms with van der Waals surface area (Å²) in [6, 6.07) is 21.6. The van der Waals surface area contributed by atoms with E-state index < -0.39 is 15.9 Å². The number of anilines is 1. The van der Waals surface area contributed by atoms with Gasteiger partial charge in [-0.15, -0.1) is 0 Å². The molecule has 0 unspecified atom stereocenters. The molecule has 0 spiro atoms. The summed E-state index contributed by atoms with van der Waals surface area (Å²) in [4.78, 5) is 12.5. The highest BCUT2D eigenvalue weighted by molar-refractivity contribution is 7.89. The average Bonchev–Trinajstić information content (AvgIpc) is 2.62.